The van der Waals surface area contributed by atoms with E-state index in [1.165, 1.54) is 231 Å². The summed E-state index contributed by atoms with van der Waals surface area (Å²) in [6.45, 7) is 4.07. The zero-order valence-electron chi connectivity index (χ0n) is 51.9. The van der Waals surface area contributed by atoms with Crippen LogP contribution in [0.1, 0.15) is 348 Å². The van der Waals surface area contributed by atoms with E-state index < -0.39 is 6.10 Å². The van der Waals surface area contributed by atoms with E-state index in [2.05, 4.69) is 98.9 Å². The van der Waals surface area contributed by atoms with Gasteiger partial charge in [-0.3, -0.25) is 9.59 Å². The van der Waals surface area contributed by atoms with Crippen LogP contribution in [0.15, 0.2) is 85.1 Å². The van der Waals surface area contributed by atoms with Gasteiger partial charge in [-0.05, 0) is 70.6 Å². The molecule has 1 N–H and O–H groups in total. The Bertz CT molecular complexity index is 1420. The van der Waals surface area contributed by atoms with Crippen molar-refractivity contribution in [3.63, 3.8) is 0 Å². The fourth-order valence-corrected chi connectivity index (χ4v) is 10.1. The molecule has 5 heteroatoms. The number of unbranched alkanes of at least 4 members (excludes halogenated alkanes) is 41. The van der Waals surface area contributed by atoms with Gasteiger partial charge in [0, 0.05) is 12.8 Å². The van der Waals surface area contributed by atoms with Crippen LogP contribution in [0.4, 0.5) is 0 Å². The molecule has 0 rings (SSSR count). The topological polar surface area (TPSA) is 72.8 Å². The van der Waals surface area contributed by atoms with Crippen LogP contribution in [0.25, 0.3) is 0 Å². The second-order valence-electron chi connectivity index (χ2n) is 22.9. The molecule has 1 atom stereocenters. The summed E-state index contributed by atoms with van der Waals surface area (Å²) in [6.07, 6.45) is 96.1. The summed E-state index contributed by atoms with van der Waals surface area (Å²) in [5, 5.41) is 9.70. The van der Waals surface area contributed by atoms with Gasteiger partial charge in [0.2, 0.25) is 0 Å². The third-order valence-electron chi connectivity index (χ3n) is 15.2. The van der Waals surface area contributed by atoms with Crippen molar-refractivity contribution in [2.75, 3.05) is 13.2 Å². The maximum atomic E-state index is 12.4. The number of aliphatic hydroxyl groups excluding tert-OH is 1. The van der Waals surface area contributed by atoms with Gasteiger partial charge in [0.05, 0.1) is 6.61 Å². The molecular weight excluding hydrogens is 957 g/mol. The fourth-order valence-electron chi connectivity index (χ4n) is 10.1. The van der Waals surface area contributed by atoms with Crippen molar-refractivity contribution in [2.24, 2.45) is 0 Å². The van der Waals surface area contributed by atoms with Crippen molar-refractivity contribution in [3.05, 3.63) is 85.1 Å². The Kier molecular flexibility index (Phi) is 65.8. The summed E-state index contributed by atoms with van der Waals surface area (Å²) in [7, 11) is 0. The SMILES string of the molecule is CC/C=C\C/C=C\C/C=C\C/C=C\C/C=C\C/C=C\C/C=C\CCCCCCCCCCCC(=O)OC(CO)COC(=O)CCCCCCCCCCCCCCCCCCCCCCCCCCCCCCCCCCC. The first-order chi connectivity index (χ1) is 38.6. The van der Waals surface area contributed by atoms with Gasteiger partial charge in [-0.1, -0.05) is 349 Å². The molecule has 0 fully saturated rings. The van der Waals surface area contributed by atoms with E-state index >= 15 is 0 Å². The molecule has 0 saturated carbocycles. The molecule has 0 heterocycles. The molecule has 0 bridgehead atoms. The summed E-state index contributed by atoms with van der Waals surface area (Å²) >= 11 is 0. The van der Waals surface area contributed by atoms with Crippen LogP contribution in [0.2, 0.25) is 0 Å². The van der Waals surface area contributed by atoms with Gasteiger partial charge in [-0.15, -0.1) is 0 Å². The minimum absolute atomic E-state index is 0.0681. The molecule has 0 aliphatic heterocycles. The zero-order valence-corrected chi connectivity index (χ0v) is 51.9. The fraction of sp³-hybridized carbons (Fsp3) is 0.781. The number of ether oxygens (including phenoxy) is 2. The Morgan fingerprint density at radius 3 is 0.833 bits per heavy atom. The highest BCUT2D eigenvalue weighted by Gasteiger charge is 2.16. The Hall–Kier alpha value is -2.92. The third kappa shape index (κ3) is 65.6. The lowest BCUT2D eigenvalue weighted by molar-refractivity contribution is -0.161. The summed E-state index contributed by atoms with van der Waals surface area (Å²) in [5.74, 6) is -0.585. The average Bonchev–Trinajstić information content (AvgIpc) is 3.44. The molecule has 0 aliphatic carbocycles. The van der Waals surface area contributed by atoms with Gasteiger partial charge in [0.15, 0.2) is 6.10 Å². The lowest BCUT2D eigenvalue weighted by atomic mass is 10.0. The van der Waals surface area contributed by atoms with Crippen LogP contribution >= 0.6 is 0 Å². The van der Waals surface area contributed by atoms with E-state index in [0.29, 0.717) is 12.8 Å². The molecule has 78 heavy (non-hydrogen) atoms. The van der Waals surface area contributed by atoms with Crippen LogP contribution in [0, 0.1) is 0 Å². The Morgan fingerprint density at radius 1 is 0.308 bits per heavy atom. The van der Waals surface area contributed by atoms with Gasteiger partial charge in [0.1, 0.15) is 6.61 Å². The van der Waals surface area contributed by atoms with E-state index in [0.717, 1.165) is 89.9 Å². The van der Waals surface area contributed by atoms with Crippen molar-refractivity contribution in [1.29, 1.82) is 0 Å². The second kappa shape index (κ2) is 68.4. The lowest BCUT2D eigenvalue weighted by Gasteiger charge is -2.15. The molecule has 0 aliphatic rings. The van der Waals surface area contributed by atoms with Crippen LogP contribution in [0.3, 0.4) is 0 Å². The highest BCUT2D eigenvalue weighted by atomic mass is 16.6. The van der Waals surface area contributed by atoms with Crippen LogP contribution in [0.5, 0.6) is 0 Å². The van der Waals surface area contributed by atoms with Crippen molar-refractivity contribution < 1.29 is 24.2 Å². The van der Waals surface area contributed by atoms with Gasteiger partial charge in [-0.2, -0.15) is 0 Å². The van der Waals surface area contributed by atoms with E-state index in [1.54, 1.807) is 0 Å². The summed E-state index contributed by atoms with van der Waals surface area (Å²) < 4.78 is 10.8. The highest BCUT2D eigenvalue weighted by Crippen LogP contribution is 2.18. The molecule has 452 valence electrons. The van der Waals surface area contributed by atoms with Crippen molar-refractivity contribution >= 4 is 11.9 Å². The number of hydrogen-bond donors (Lipinski definition) is 1. The maximum Gasteiger partial charge on any atom is 0.306 e. The third-order valence-corrected chi connectivity index (χ3v) is 15.2. The first-order valence-electron chi connectivity index (χ1n) is 34.1. The van der Waals surface area contributed by atoms with Gasteiger partial charge in [-0.25, -0.2) is 0 Å². The quantitative estimate of drug-likeness (QED) is 0.0373. The smallest absolute Gasteiger partial charge is 0.306 e. The zero-order chi connectivity index (χ0) is 56.2. The number of carbonyl (C=O) groups is 2. The van der Waals surface area contributed by atoms with E-state index in [9.17, 15) is 14.7 Å². The monoisotopic (exact) mass is 1090 g/mol. The number of esters is 2. The molecule has 0 radical (unpaired) electrons. The number of allylic oxidation sites excluding steroid dienone is 14. The molecular formula is C73H130O5. The van der Waals surface area contributed by atoms with E-state index in [4.69, 9.17) is 9.47 Å². The molecule has 0 amide bonds. The molecule has 0 aromatic rings. The van der Waals surface area contributed by atoms with Gasteiger partial charge in [0.25, 0.3) is 0 Å². The maximum absolute atomic E-state index is 12.4. The van der Waals surface area contributed by atoms with Gasteiger partial charge < -0.3 is 14.6 Å². The summed E-state index contributed by atoms with van der Waals surface area (Å²) in [5.41, 5.74) is 0. The summed E-state index contributed by atoms with van der Waals surface area (Å²) in [4.78, 5) is 24.6. The largest absolute Gasteiger partial charge is 0.462 e. The normalized spacial score (nSPS) is 12.7. The number of rotatable bonds is 63. The number of hydrogen-bond acceptors (Lipinski definition) is 5. The van der Waals surface area contributed by atoms with Gasteiger partial charge >= 0.3 is 11.9 Å². The van der Waals surface area contributed by atoms with Crippen molar-refractivity contribution in [2.45, 2.75) is 354 Å². The van der Waals surface area contributed by atoms with Crippen molar-refractivity contribution in [3.8, 4) is 0 Å². The van der Waals surface area contributed by atoms with Crippen molar-refractivity contribution in [1.82, 2.24) is 0 Å². The first kappa shape index (κ1) is 75.1. The minimum Gasteiger partial charge on any atom is -0.462 e. The van der Waals surface area contributed by atoms with E-state index in [-0.39, 0.29) is 25.2 Å². The summed E-state index contributed by atoms with van der Waals surface area (Å²) in [6, 6.07) is 0. The molecule has 1 unspecified atom stereocenters. The molecule has 0 aromatic heterocycles. The molecule has 5 nitrogen and oxygen atoms in total. The predicted octanol–water partition coefficient (Wildman–Crippen LogP) is 23.7. The lowest BCUT2D eigenvalue weighted by Crippen LogP contribution is -2.28. The highest BCUT2D eigenvalue weighted by molar-refractivity contribution is 5.70. The standard InChI is InChI=1S/C73H130O5/c1-3-5-7-9-11-13-15-17-19-21-23-25-27-29-31-33-35-36-38-39-41-43-45-47-49-51-53-55-57-59-61-63-65-67-72(75)77-70-71(69-74)78-73(76)68-66-64-62-60-58-56-54-52-50-48-46-44-42-40-37-34-32-30-28-26-24-22-20-18-16-14-12-10-8-6-4-2/h6,8,12,14,18,20,24,26,30,32,37,40,44,46,71,74H,3-5,7,9-11,13,15-17,19,21-23,25,27-29,31,33-36,38-39,41-43,45,47-70H2,1-2H3/b8-6-,14-12-,20-18-,26-24-,32-30-,40-37-,46-44-. The Balaban J connectivity index is 3.46. The first-order valence-corrected chi connectivity index (χ1v) is 34.1. The second-order valence-corrected chi connectivity index (χ2v) is 22.9. The van der Waals surface area contributed by atoms with Crippen LogP contribution in [-0.2, 0) is 19.1 Å². The predicted molar refractivity (Wildman–Crippen MR) is 343 cm³/mol. The average molecular weight is 1090 g/mol. The Labute approximate surface area is 486 Å². The molecule has 0 spiro atoms. The van der Waals surface area contributed by atoms with Crippen LogP contribution < -0.4 is 0 Å². The minimum atomic E-state index is -0.780. The van der Waals surface area contributed by atoms with E-state index in [1.807, 2.05) is 0 Å². The number of carbonyl (C=O) groups excluding carboxylic acids is 2. The molecule has 0 aromatic carbocycles. The van der Waals surface area contributed by atoms with Crippen LogP contribution in [-0.4, -0.2) is 36.4 Å². The Morgan fingerprint density at radius 2 is 0.551 bits per heavy atom. The number of aliphatic hydroxyl groups is 1. The molecule has 0 saturated heterocycles.